The van der Waals surface area contributed by atoms with Gasteiger partial charge in [-0.1, -0.05) is 6.42 Å². The highest BCUT2D eigenvalue weighted by atomic mass is 79.9. The van der Waals surface area contributed by atoms with Crippen LogP contribution in [0.2, 0.25) is 0 Å². The summed E-state index contributed by atoms with van der Waals surface area (Å²) < 4.78 is 28.1. The van der Waals surface area contributed by atoms with Crippen LogP contribution in [0.25, 0.3) is 0 Å². The third-order valence-corrected chi connectivity index (χ3v) is 4.67. The topological polar surface area (TPSA) is 15.3 Å². The molecular weight excluding hydrogens is 314 g/mol. The van der Waals surface area contributed by atoms with Crippen molar-refractivity contribution in [1.82, 2.24) is 10.2 Å². The second kappa shape index (κ2) is 5.46. The van der Waals surface area contributed by atoms with Gasteiger partial charge in [0, 0.05) is 37.3 Å². The second-order valence-corrected chi connectivity index (χ2v) is 6.36. The molecule has 19 heavy (non-hydrogen) atoms. The minimum atomic E-state index is -0.469. The Balaban J connectivity index is 1.76. The van der Waals surface area contributed by atoms with Crippen molar-refractivity contribution in [3.8, 4) is 0 Å². The first-order valence-electron chi connectivity index (χ1n) is 6.74. The predicted molar refractivity (Wildman–Crippen MR) is 73.9 cm³/mol. The standard InChI is InChI=1S/C14H17BrF2N2/c15-12-4-5-13(16)11(14(12)17)8-19-6-9-2-1-3-10(7-19)18-9/h4-5,9-10,18H,1-3,6-8H2. The van der Waals surface area contributed by atoms with Gasteiger partial charge in [0.25, 0.3) is 0 Å². The van der Waals surface area contributed by atoms with Crippen LogP contribution in [0.15, 0.2) is 16.6 Å². The summed E-state index contributed by atoms with van der Waals surface area (Å²) >= 11 is 3.12. The number of hydrogen-bond donors (Lipinski definition) is 1. The van der Waals surface area contributed by atoms with Gasteiger partial charge < -0.3 is 5.32 Å². The summed E-state index contributed by atoms with van der Waals surface area (Å²) in [5, 5.41) is 3.57. The van der Waals surface area contributed by atoms with Crippen LogP contribution in [0.4, 0.5) is 8.78 Å². The zero-order chi connectivity index (χ0) is 13.4. The zero-order valence-electron chi connectivity index (χ0n) is 10.6. The number of likely N-dealkylation sites (tertiary alicyclic amines) is 1. The van der Waals surface area contributed by atoms with E-state index in [1.807, 2.05) is 0 Å². The van der Waals surface area contributed by atoms with E-state index in [1.54, 1.807) is 0 Å². The molecule has 5 heteroatoms. The maximum Gasteiger partial charge on any atom is 0.144 e. The van der Waals surface area contributed by atoms with Crippen molar-refractivity contribution in [3.63, 3.8) is 0 Å². The Morgan fingerprint density at radius 2 is 1.89 bits per heavy atom. The molecule has 2 unspecified atom stereocenters. The molecule has 0 aromatic heterocycles. The fourth-order valence-corrected chi connectivity index (χ4v) is 3.53. The summed E-state index contributed by atoms with van der Waals surface area (Å²) in [5.74, 6) is -0.923. The third-order valence-electron chi connectivity index (χ3n) is 4.05. The molecule has 2 nitrogen and oxygen atoms in total. The molecule has 0 aliphatic carbocycles. The van der Waals surface area contributed by atoms with Crippen molar-refractivity contribution >= 4 is 15.9 Å². The number of piperidine rings is 1. The lowest BCUT2D eigenvalue weighted by Crippen LogP contribution is -2.58. The van der Waals surface area contributed by atoms with Crippen molar-refractivity contribution in [1.29, 1.82) is 0 Å². The van der Waals surface area contributed by atoms with E-state index in [0.717, 1.165) is 25.9 Å². The van der Waals surface area contributed by atoms with E-state index in [2.05, 4.69) is 26.1 Å². The smallest absolute Gasteiger partial charge is 0.144 e. The number of hydrogen-bond acceptors (Lipinski definition) is 2. The summed E-state index contributed by atoms with van der Waals surface area (Å²) in [7, 11) is 0. The maximum atomic E-state index is 14.0. The number of benzene rings is 1. The van der Waals surface area contributed by atoms with Crippen LogP contribution in [0.5, 0.6) is 0 Å². The minimum absolute atomic E-state index is 0.175. The van der Waals surface area contributed by atoms with Crippen LogP contribution in [-0.2, 0) is 6.54 Å². The fourth-order valence-electron chi connectivity index (χ4n) is 3.16. The van der Waals surface area contributed by atoms with Crippen LogP contribution in [0.1, 0.15) is 24.8 Å². The number of fused-ring (bicyclic) bond motifs is 2. The molecule has 1 aromatic rings. The number of nitrogens with zero attached hydrogens (tertiary/aromatic N) is 1. The second-order valence-electron chi connectivity index (χ2n) is 5.51. The molecule has 0 amide bonds. The number of piperazine rings is 1. The van der Waals surface area contributed by atoms with Crippen molar-refractivity contribution < 1.29 is 8.78 Å². The van der Waals surface area contributed by atoms with Gasteiger partial charge in [-0.25, -0.2) is 8.78 Å². The first-order valence-corrected chi connectivity index (χ1v) is 7.53. The first kappa shape index (κ1) is 13.5. The normalized spacial score (nSPS) is 27.5. The predicted octanol–water partition coefficient (Wildman–Crippen LogP) is 3.05. The molecule has 2 bridgehead atoms. The molecular formula is C14H17BrF2N2. The first-order chi connectivity index (χ1) is 9.13. The van der Waals surface area contributed by atoms with Crippen molar-refractivity contribution in [2.75, 3.05) is 13.1 Å². The largest absolute Gasteiger partial charge is 0.309 e. The lowest BCUT2D eigenvalue weighted by Gasteiger charge is -2.42. The number of halogens is 3. The van der Waals surface area contributed by atoms with Crippen LogP contribution >= 0.6 is 15.9 Å². The molecule has 2 aliphatic rings. The molecule has 2 heterocycles. The Morgan fingerprint density at radius 3 is 2.58 bits per heavy atom. The van der Waals surface area contributed by atoms with Crippen molar-refractivity contribution in [2.24, 2.45) is 0 Å². The van der Waals surface area contributed by atoms with E-state index in [0.29, 0.717) is 23.1 Å². The Kier molecular flexibility index (Phi) is 3.87. The molecule has 104 valence electrons. The van der Waals surface area contributed by atoms with Gasteiger partial charge in [0.15, 0.2) is 0 Å². The number of nitrogens with one attached hydrogen (secondary N) is 1. The van der Waals surface area contributed by atoms with Gasteiger partial charge in [-0.15, -0.1) is 0 Å². The van der Waals surface area contributed by atoms with Crippen molar-refractivity contribution in [3.05, 3.63) is 33.8 Å². The molecule has 0 spiro atoms. The molecule has 0 radical (unpaired) electrons. The Morgan fingerprint density at radius 1 is 1.21 bits per heavy atom. The minimum Gasteiger partial charge on any atom is -0.309 e. The molecule has 2 atom stereocenters. The van der Waals surface area contributed by atoms with E-state index in [1.165, 1.54) is 18.6 Å². The number of rotatable bonds is 2. The van der Waals surface area contributed by atoms with E-state index < -0.39 is 11.6 Å². The Bertz CT molecular complexity index is 469. The molecule has 2 fully saturated rings. The highest BCUT2D eigenvalue weighted by Gasteiger charge is 2.30. The van der Waals surface area contributed by atoms with E-state index in [4.69, 9.17) is 0 Å². The Hall–Kier alpha value is -0.520. The van der Waals surface area contributed by atoms with Crippen LogP contribution < -0.4 is 5.32 Å². The molecule has 1 N–H and O–H groups in total. The van der Waals surface area contributed by atoms with E-state index in [9.17, 15) is 8.78 Å². The molecule has 2 saturated heterocycles. The third kappa shape index (κ3) is 2.83. The summed E-state index contributed by atoms with van der Waals surface area (Å²) in [6.07, 6.45) is 3.59. The van der Waals surface area contributed by atoms with Gasteiger partial charge in [-0.3, -0.25) is 4.90 Å². The van der Waals surface area contributed by atoms with E-state index >= 15 is 0 Å². The van der Waals surface area contributed by atoms with Gasteiger partial charge in [0.1, 0.15) is 11.6 Å². The average Bonchev–Trinajstić information content (AvgIpc) is 2.39. The van der Waals surface area contributed by atoms with Gasteiger partial charge in [0.2, 0.25) is 0 Å². The lowest BCUT2D eigenvalue weighted by molar-refractivity contribution is 0.117. The summed E-state index contributed by atoms with van der Waals surface area (Å²) in [5.41, 5.74) is 0.175. The monoisotopic (exact) mass is 330 g/mol. The van der Waals surface area contributed by atoms with Crippen molar-refractivity contribution in [2.45, 2.75) is 37.9 Å². The maximum absolute atomic E-state index is 14.0. The SMILES string of the molecule is Fc1ccc(Br)c(F)c1CN1CC2CCCC(C1)N2. The van der Waals surface area contributed by atoms with Crippen LogP contribution in [0, 0.1) is 11.6 Å². The van der Waals surface area contributed by atoms with Gasteiger partial charge in [0.05, 0.1) is 4.47 Å². The lowest BCUT2D eigenvalue weighted by atomic mass is 9.94. The van der Waals surface area contributed by atoms with E-state index in [-0.39, 0.29) is 5.56 Å². The molecule has 3 rings (SSSR count). The summed E-state index contributed by atoms with van der Waals surface area (Å²) in [6, 6.07) is 3.70. The fraction of sp³-hybridized carbons (Fsp3) is 0.571. The highest BCUT2D eigenvalue weighted by molar-refractivity contribution is 9.10. The van der Waals surface area contributed by atoms with Gasteiger partial charge in [-0.2, -0.15) is 0 Å². The summed E-state index contributed by atoms with van der Waals surface area (Å²) in [4.78, 5) is 2.17. The quantitative estimate of drug-likeness (QED) is 0.838. The highest BCUT2D eigenvalue weighted by Crippen LogP contribution is 2.25. The van der Waals surface area contributed by atoms with Crippen LogP contribution in [-0.4, -0.2) is 30.1 Å². The Labute approximate surface area is 120 Å². The summed E-state index contributed by atoms with van der Waals surface area (Å²) in [6.45, 7) is 2.11. The van der Waals surface area contributed by atoms with Gasteiger partial charge >= 0.3 is 0 Å². The average molecular weight is 331 g/mol. The molecule has 1 aromatic carbocycles. The van der Waals surface area contributed by atoms with Crippen LogP contribution in [0.3, 0.4) is 0 Å². The molecule has 2 aliphatic heterocycles. The zero-order valence-corrected chi connectivity index (χ0v) is 12.2. The molecule has 0 saturated carbocycles. The van der Waals surface area contributed by atoms with Gasteiger partial charge in [-0.05, 0) is 40.9 Å².